The molecule has 24 nitrogen and oxygen atoms in total. The van der Waals surface area contributed by atoms with Crippen molar-refractivity contribution < 1.29 is 38.8 Å². The average Bonchev–Trinajstić information content (AvgIpc) is 3.43. The van der Waals surface area contributed by atoms with Gasteiger partial charge < -0.3 is 9.47 Å². The molecule has 2 aromatic rings. The summed E-state index contributed by atoms with van der Waals surface area (Å²) in [7, 11) is 0. The van der Waals surface area contributed by atoms with Crippen LogP contribution in [-0.2, 0) is 30.4 Å². The van der Waals surface area contributed by atoms with E-state index in [2.05, 4.69) is 39.9 Å². The van der Waals surface area contributed by atoms with Gasteiger partial charge in [0.1, 0.15) is 19.7 Å². The number of H-pyrrole nitrogens is 2. The molecule has 24 heteroatoms. The number of rotatable bonds is 12. The number of azo groups is 1. The van der Waals surface area contributed by atoms with Crippen molar-refractivity contribution in [3.8, 4) is 0 Å². The summed E-state index contributed by atoms with van der Waals surface area (Å²) < 4.78 is 8.79. The molecule has 0 bridgehead atoms. The van der Waals surface area contributed by atoms with Gasteiger partial charge in [-0.2, -0.15) is 9.97 Å². The molecule has 0 unspecified atom stereocenters. The first kappa shape index (κ1) is 26.7. The highest BCUT2D eigenvalue weighted by Gasteiger charge is 2.72. The monoisotopic (exact) mass is 516 g/mol. The van der Waals surface area contributed by atoms with Crippen molar-refractivity contribution in [2.45, 2.75) is 25.2 Å². The van der Waals surface area contributed by atoms with E-state index in [0.717, 1.165) is 0 Å². The van der Waals surface area contributed by atoms with Crippen LogP contribution in [0.25, 0.3) is 0 Å². The highest BCUT2D eigenvalue weighted by molar-refractivity contribution is 5.78. The smallest absolute Gasteiger partial charge is 0.455 e. The summed E-state index contributed by atoms with van der Waals surface area (Å²) in [6, 6.07) is 0. The minimum atomic E-state index is -3.73. The van der Waals surface area contributed by atoms with Gasteiger partial charge >= 0.3 is 23.3 Å². The van der Waals surface area contributed by atoms with Crippen LogP contribution in [0.1, 0.15) is 25.5 Å². The maximum Gasteiger partial charge on any atom is 0.612 e. The Bertz CT molecular complexity index is 1130. The topological polar surface area (TPSA) is 333 Å². The third-order valence-electron chi connectivity index (χ3n) is 4.01. The van der Waals surface area contributed by atoms with Crippen molar-refractivity contribution in [1.29, 1.82) is 0 Å². The van der Waals surface area contributed by atoms with Crippen LogP contribution >= 0.6 is 0 Å². The number of nitrogens with zero attached hydrogens (tertiary/aromatic N) is 10. The van der Waals surface area contributed by atoms with E-state index in [-0.39, 0.29) is 0 Å². The minimum Gasteiger partial charge on any atom is -0.455 e. The maximum absolute atomic E-state index is 12.0. The van der Waals surface area contributed by atoms with Gasteiger partial charge in [-0.15, -0.1) is 20.4 Å². The predicted octanol–water partition coefficient (Wildman–Crippen LogP) is -1.12. The fourth-order valence-corrected chi connectivity index (χ4v) is 2.43. The molecule has 0 saturated carbocycles. The van der Waals surface area contributed by atoms with E-state index in [1.54, 1.807) is 10.2 Å². The van der Waals surface area contributed by atoms with Gasteiger partial charge in [-0.3, -0.25) is 40.5 Å². The molecular weight excluding hydrogens is 504 g/mol. The van der Waals surface area contributed by atoms with Gasteiger partial charge in [0.25, 0.3) is 23.5 Å². The first-order valence-electron chi connectivity index (χ1n) is 9.10. The van der Waals surface area contributed by atoms with E-state index in [1.807, 2.05) is 0 Å². The van der Waals surface area contributed by atoms with E-state index in [4.69, 9.17) is 0 Å². The molecule has 0 atom stereocenters. The van der Waals surface area contributed by atoms with Gasteiger partial charge in [0.15, 0.2) is 0 Å². The SMILES string of the molecule is CCOC(=O)C(c1nc(/N=N/c2n[nH]c(C(C(=O)OCC)([N+](=O)[O-])[N+](=O)[O-])n2)n[nH]1)([N+](=O)[O-])[N+](=O)[O-]. The van der Waals surface area contributed by atoms with Crippen LogP contribution in [0, 0.1) is 40.5 Å². The molecule has 0 aliphatic heterocycles. The van der Waals surface area contributed by atoms with Crippen LogP contribution in [0.2, 0.25) is 0 Å². The molecule has 0 radical (unpaired) electrons. The molecule has 2 aromatic heterocycles. The molecule has 0 aromatic carbocycles. The quantitative estimate of drug-likeness (QED) is 0.111. The molecule has 0 aliphatic carbocycles. The molecule has 2 N–H and O–H groups in total. The number of carbonyl (C=O) groups excluding carboxylic acids is 2. The van der Waals surface area contributed by atoms with Crippen LogP contribution in [0.5, 0.6) is 0 Å². The van der Waals surface area contributed by atoms with E-state index >= 15 is 0 Å². The first-order chi connectivity index (χ1) is 16.9. The van der Waals surface area contributed by atoms with Gasteiger partial charge in [0, 0.05) is 0 Å². The van der Waals surface area contributed by atoms with Gasteiger partial charge in [-0.1, -0.05) is 0 Å². The van der Waals surface area contributed by atoms with Gasteiger partial charge in [0.2, 0.25) is 0 Å². The number of ether oxygens (including phenoxy) is 2. The van der Waals surface area contributed by atoms with Crippen LogP contribution in [0.4, 0.5) is 11.9 Å². The summed E-state index contributed by atoms with van der Waals surface area (Å²) in [6.45, 7) is 1.58. The second kappa shape index (κ2) is 10.1. The zero-order chi connectivity index (χ0) is 27.3. The normalized spacial score (nSPS) is 11.7. The summed E-state index contributed by atoms with van der Waals surface area (Å²) in [5, 5.41) is 62.4. The standard InChI is InChI=1S/C12H12N12O12/c1-3-35-7(25)11(21(27)28,22(29)30)5-13-9(17-15-5)19-20-10-14-6(16-18-10)12(23(31)32,24(33)34)8(26)36-4-2/h3-4H2,1-2H3,(H,13,15,17)(H,14,16,18)/b20-19+. The molecule has 0 fully saturated rings. The van der Waals surface area contributed by atoms with Crippen molar-refractivity contribution in [3.63, 3.8) is 0 Å². The number of nitrogens with one attached hydrogen (secondary N) is 2. The zero-order valence-electron chi connectivity index (χ0n) is 17.8. The van der Waals surface area contributed by atoms with Crippen LogP contribution in [0.15, 0.2) is 10.2 Å². The minimum absolute atomic E-state index is 0.447. The Kier molecular flexibility index (Phi) is 7.51. The fraction of sp³-hybridized carbons (Fsp3) is 0.500. The second-order valence-electron chi connectivity index (χ2n) is 5.98. The Morgan fingerprint density at radius 3 is 1.31 bits per heavy atom. The number of hydrogen-bond acceptors (Lipinski definition) is 18. The Morgan fingerprint density at radius 1 is 0.750 bits per heavy atom. The number of aromatic amines is 2. The lowest BCUT2D eigenvalue weighted by Gasteiger charge is -2.12. The lowest BCUT2D eigenvalue weighted by Crippen LogP contribution is -2.52. The molecule has 2 heterocycles. The number of hydrogen-bond donors (Lipinski definition) is 2. The largest absolute Gasteiger partial charge is 0.612 e. The summed E-state index contributed by atoms with van der Waals surface area (Å²) in [4.78, 5) is 70.1. The van der Waals surface area contributed by atoms with E-state index in [1.165, 1.54) is 13.8 Å². The molecule has 0 amide bonds. The molecular formula is C12H12N12O12. The third kappa shape index (κ3) is 4.19. The van der Waals surface area contributed by atoms with Crippen molar-refractivity contribution >= 4 is 23.8 Å². The Morgan fingerprint density at radius 2 is 1.06 bits per heavy atom. The average molecular weight is 516 g/mol. The van der Waals surface area contributed by atoms with Gasteiger partial charge in [0.05, 0.1) is 13.2 Å². The van der Waals surface area contributed by atoms with Crippen molar-refractivity contribution in [1.82, 2.24) is 30.4 Å². The van der Waals surface area contributed by atoms with E-state index in [0.29, 0.717) is 0 Å². The molecule has 0 aliphatic rings. The lowest BCUT2D eigenvalue weighted by atomic mass is 10.2. The number of nitro groups is 4. The van der Waals surface area contributed by atoms with Crippen LogP contribution < -0.4 is 0 Å². The second-order valence-corrected chi connectivity index (χ2v) is 5.98. The maximum atomic E-state index is 12.0. The number of aromatic nitrogens is 6. The van der Waals surface area contributed by atoms with Crippen molar-refractivity contribution in [3.05, 3.63) is 52.1 Å². The molecule has 2 rings (SSSR count). The van der Waals surface area contributed by atoms with Crippen molar-refractivity contribution in [2.75, 3.05) is 13.2 Å². The Hall–Kier alpha value is -5.58. The van der Waals surface area contributed by atoms with Gasteiger partial charge in [-0.25, -0.2) is 19.8 Å². The number of carbonyl (C=O) groups is 2. The molecule has 0 spiro atoms. The van der Waals surface area contributed by atoms with E-state index in [9.17, 15) is 50.0 Å². The predicted molar refractivity (Wildman–Crippen MR) is 102 cm³/mol. The molecule has 0 saturated heterocycles. The number of esters is 2. The fourth-order valence-electron chi connectivity index (χ4n) is 2.43. The van der Waals surface area contributed by atoms with Crippen LogP contribution in [0.3, 0.4) is 0 Å². The van der Waals surface area contributed by atoms with E-state index < -0.39 is 79.7 Å². The zero-order valence-corrected chi connectivity index (χ0v) is 17.8. The third-order valence-corrected chi connectivity index (χ3v) is 4.01. The summed E-state index contributed by atoms with van der Waals surface area (Å²) in [5.41, 5.74) is -7.46. The summed E-state index contributed by atoms with van der Waals surface area (Å²) in [5.74, 6) is -7.93. The summed E-state index contributed by atoms with van der Waals surface area (Å²) in [6.07, 6.45) is 0. The first-order valence-corrected chi connectivity index (χ1v) is 9.10. The Labute approximate surface area is 194 Å². The molecule has 192 valence electrons. The van der Waals surface area contributed by atoms with Crippen LogP contribution in [-0.4, -0.2) is 75.2 Å². The van der Waals surface area contributed by atoms with Gasteiger partial charge in [-0.05, 0) is 13.8 Å². The lowest BCUT2D eigenvalue weighted by molar-refractivity contribution is -0.792. The molecule has 36 heavy (non-hydrogen) atoms. The van der Waals surface area contributed by atoms with Crippen molar-refractivity contribution in [2.24, 2.45) is 10.2 Å². The Balaban J connectivity index is 2.46. The summed E-state index contributed by atoms with van der Waals surface area (Å²) >= 11 is 0. The highest BCUT2D eigenvalue weighted by atomic mass is 16.7. The highest BCUT2D eigenvalue weighted by Crippen LogP contribution is 2.28.